The van der Waals surface area contributed by atoms with Gasteiger partial charge in [-0.3, -0.25) is 0 Å². The predicted octanol–water partition coefficient (Wildman–Crippen LogP) is 1.78. The molecule has 6 heteroatoms. The molecular weight excluding hydrogens is 259 g/mol. The summed E-state index contributed by atoms with van der Waals surface area (Å²) in [5.74, 6) is -0.0932. The lowest BCUT2D eigenvalue weighted by atomic mass is 10.2. The Hall–Kier alpha value is -1.95. The number of hydrogen-bond acceptors (Lipinski definition) is 4. The maximum atomic E-state index is 13.3. The van der Waals surface area contributed by atoms with Crippen molar-refractivity contribution in [2.45, 2.75) is 25.8 Å². The SMILES string of the molecule is NCCCCc1cn(CCOc2ccccc2F)nn1. The molecule has 0 spiro atoms. The lowest BCUT2D eigenvalue weighted by Crippen LogP contribution is -2.09. The molecule has 0 radical (unpaired) electrons. The van der Waals surface area contributed by atoms with Crippen molar-refractivity contribution in [1.82, 2.24) is 15.0 Å². The summed E-state index contributed by atoms with van der Waals surface area (Å²) < 4.78 is 20.4. The van der Waals surface area contributed by atoms with Gasteiger partial charge in [0.1, 0.15) is 6.61 Å². The quantitative estimate of drug-likeness (QED) is 0.747. The van der Waals surface area contributed by atoms with Gasteiger partial charge in [0.2, 0.25) is 0 Å². The zero-order chi connectivity index (χ0) is 14.2. The van der Waals surface area contributed by atoms with Gasteiger partial charge in [-0.05, 0) is 37.9 Å². The smallest absolute Gasteiger partial charge is 0.165 e. The van der Waals surface area contributed by atoms with Crippen LogP contribution in [0.1, 0.15) is 18.5 Å². The number of nitrogens with zero attached hydrogens (tertiary/aromatic N) is 3. The molecule has 0 aliphatic rings. The summed E-state index contributed by atoms with van der Waals surface area (Å²) >= 11 is 0. The van der Waals surface area contributed by atoms with Crippen molar-refractivity contribution >= 4 is 0 Å². The average Bonchev–Trinajstić information content (AvgIpc) is 2.89. The maximum absolute atomic E-state index is 13.3. The number of unbranched alkanes of at least 4 members (excludes halogenated alkanes) is 1. The molecule has 0 bridgehead atoms. The number of nitrogens with two attached hydrogens (primary N) is 1. The Labute approximate surface area is 117 Å². The third kappa shape index (κ3) is 4.31. The van der Waals surface area contributed by atoms with Crippen molar-refractivity contribution in [1.29, 1.82) is 0 Å². The number of rotatable bonds is 8. The van der Waals surface area contributed by atoms with E-state index in [0.29, 0.717) is 19.7 Å². The van der Waals surface area contributed by atoms with Gasteiger partial charge < -0.3 is 10.5 Å². The Morgan fingerprint density at radius 1 is 1.25 bits per heavy atom. The van der Waals surface area contributed by atoms with E-state index in [1.807, 2.05) is 6.20 Å². The van der Waals surface area contributed by atoms with E-state index < -0.39 is 0 Å². The highest BCUT2D eigenvalue weighted by molar-refractivity contribution is 5.23. The Bertz CT molecular complexity index is 529. The van der Waals surface area contributed by atoms with Crippen LogP contribution in [-0.4, -0.2) is 28.1 Å². The minimum atomic E-state index is -0.353. The normalized spacial score (nSPS) is 10.7. The first-order valence-corrected chi connectivity index (χ1v) is 6.76. The summed E-state index contributed by atoms with van der Waals surface area (Å²) in [7, 11) is 0. The number of halogens is 1. The van der Waals surface area contributed by atoms with Crippen molar-refractivity contribution in [3.63, 3.8) is 0 Å². The Kier molecular flexibility index (Phi) is 5.49. The van der Waals surface area contributed by atoms with E-state index >= 15 is 0 Å². The molecule has 0 fully saturated rings. The average molecular weight is 278 g/mol. The maximum Gasteiger partial charge on any atom is 0.165 e. The van der Waals surface area contributed by atoms with Gasteiger partial charge in [-0.2, -0.15) is 0 Å². The fourth-order valence-corrected chi connectivity index (χ4v) is 1.82. The fraction of sp³-hybridized carbons (Fsp3) is 0.429. The largest absolute Gasteiger partial charge is 0.489 e. The van der Waals surface area contributed by atoms with Crippen LogP contribution in [0.15, 0.2) is 30.5 Å². The van der Waals surface area contributed by atoms with Crippen molar-refractivity contribution in [2.24, 2.45) is 5.73 Å². The monoisotopic (exact) mass is 278 g/mol. The van der Waals surface area contributed by atoms with Crippen molar-refractivity contribution < 1.29 is 9.13 Å². The molecule has 108 valence electrons. The highest BCUT2D eigenvalue weighted by Crippen LogP contribution is 2.15. The number of benzene rings is 1. The van der Waals surface area contributed by atoms with Crippen LogP contribution in [0, 0.1) is 5.82 Å². The number of para-hydroxylation sites is 1. The zero-order valence-corrected chi connectivity index (χ0v) is 11.3. The van der Waals surface area contributed by atoms with E-state index in [-0.39, 0.29) is 11.6 Å². The van der Waals surface area contributed by atoms with E-state index in [4.69, 9.17) is 10.5 Å². The van der Waals surface area contributed by atoms with Crippen LogP contribution in [0.5, 0.6) is 5.75 Å². The lowest BCUT2D eigenvalue weighted by molar-refractivity contribution is 0.277. The van der Waals surface area contributed by atoms with Gasteiger partial charge in [-0.1, -0.05) is 17.3 Å². The molecule has 2 aromatic rings. The highest BCUT2D eigenvalue weighted by Gasteiger charge is 2.03. The van der Waals surface area contributed by atoms with Crippen LogP contribution >= 0.6 is 0 Å². The van der Waals surface area contributed by atoms with Gasteiger partial charge >= 0.3 is 0 Å². The topological polar surface area (TPSA) is 66.0 Å². The number of ether oxygens (including phenoxy) is 1. The minimum Gasteiger partial charge on any atom is -0.489 e. The summed E-state index contributed by atoms with van der Waals surface area (Å²) in [5, 5.41) is 8.08. The molecule has 0 saturated heterocycles. The summed E-state index contributed by atoms with van der Waals surface area (Å²) in [6.45, 7) is 1.59. The Morgan fingerprint density at radius 3 is 2.90 bits per heavy atom. The third-order valence-electron chi connectivity index (χ3n) is 2.89. The summed E-state index contributed by atoms with van der Waals surface area (Å²) in [6.07, 6.45) is 4.77. The predicted molar refractivity (Wildman–Crippen MR) is 73.9 cm³/mol. The van der Waals surface area contributed by atoms with Gasteiger partial charge in [0.25, 0.3) is 0 Å². The minimum absolute atomic E-state index is 0.260. The molecule has 0 aliphatic heterocycles. The van der Waals surface area contributed by atoms with Gasteiger partial charge in [0, 0.05) is 6.20 Å². The van der Waals surface area contributed by atoms with Crippen molar-refractivity contribution in [3.05, 3.63) is 42.0 Å². The summed E-state index contributed by atoms with van der Waals surface area (Å²) in [5.41, 5.74) is 6.39. The first-order valence-electron chi connectivity index (χ1n) is 6.76. The van der Waals surface area contributed by atoms with Gasteiger partial charge in [-0.15, -0.1) is 5.10 Å². The number of hydrogen-bond donors (Lipinski definition) is 1. The Morgan fingerprint density at radius 2 is 2.10 bits per heavy atom. The molecule has 1 heterocycles. The fourth-order valence-electron chi connectivity index (χ4n) is 1.82. The molecule has 1 aromatic heterocycles. The lowest BCUT2D eigenvalue weighted by Gasteiger charge is -2.06. The number of aromatic nitrogens is 3. The summed E-state index contributed by atoms with van der Waals surface area (Å²) in [6, 6.07) is 6.35. The van der Waals surface area contributed by atoms with Crippen LogP contribution in [-0.2, 0) is 13.0 Å². The van der Waals surface area contributed by atoms with Crippen molar-refractivity contribution in [2.75, 3.05) is 13.2 Å². The standard InChI is InChI=1S/C14H19FN4O/c15-13-6-1-2-7-14(13)20-10-9-19-11-12(17-18-19)5-3-4-8-16/h1-2,6-7,11H,3-5,8-10,16H2. The molecule has 2 rings (SSSR count). The van der Waals surface area contributed by atoms with Crippen LogP contribution in [0.2, 0.25) is 0 Å². The molecule has 0 atom stereocenters. The Balaban J connectivity index is 1.75. The summed E-state index contributed by atoms with van der Waals surface area (Å²) in [4.78, 5) is 0. The first kappa shape index (κ1) is 14.5. The van der Waals surface area contributed by atoms with Gasteiger partial charge in [0.05, 0.1) is 12.2 Å². The molecule has 5 nitrogen and oxygen atoms in total. The van der Waals surface area contributed by atoms with Crippen molar-refractivity contribution in [3.8, 4) is 5.75 Å². The second-order valence-corrected chi connectivity index (χ2v) is 4.50. The second-order valence-electron chi connectivity index (χ2n) is 4.50. The molecule has 0 aliphatic carbocycles. The molecule has 1 aromatic carbocycles. The van der Waals surface area contributed by atoms with E-state index in [1.54, 1.807) is 22.9 Å². The van der Waals surface area contributed by atoms with E-state index in [2.05, 4.69) is 10.3 Å². The third-order valence-corrected chi connectivity index (χ3v) is 2.89. The van der Waals surface area contributed by atoms with E-state index in [9.17, 15) is 4.39 Å². The van der Waals surface area contributed by atoms with Crippen LogP contribution < -0.4 is 10.5 Å². The number of aryl methyl sites for hydroxylation is 1. The molecule has 0 saturated carbocycles. The molecule has 0 amide bonds. The first-order chi connectivity index (χ1) is 9.79. The zero-order valence-electron chi connectivity index (χ0n) is 11.3. The van der Waals surface area contributed by atoms with E-state index in [1.165, 1.54) is 6.07 Å². The van der Waals surface area contributed by atoms with E-state index in [0.717, 1.165) is 25.0 Å². The van der Waals surface area contributed by atoms with Crippen LogP contribution in [0.4, 0.5) is 4.39 Å². The molecular formula is C14H19FN4O. The van der Waals surface area contributed by atoms with Gasteiger partial charge in [-0.25, -0.2) is 9.07 Å². The van der Waals surface area contributed by atoms with Gasteiger partial charge in [0.15, 0.2) is 11.6 Å². The molecule has 20 heavy (non-hydrogen) atoms. The second kappa shape index (κ2) is 7.59. The highest BCUT2D eigenvalue weighted by atomic mass is 19.1. The molecule has 2 N–H and O–H groups in total. The van der Waals surface area contributed by atoms with Crippen LogP contribution in [0.3, 0.4) is 0 Å². The van der Waals surface area contributed by atoms with Crippen LogP contribution in [0.25, 0.3) is 0 Å². The molecule has 0 unspecified atom stereocenters.